The maximum Gasteiger partial charge on any atom is 0.203 e. The van der Waals surface area contributed by atoms with Gasteiger partial charge >= 0.3 is 0 Å². The number of aliphatic imine (C=N–C) groups is 1. The molecule has 0 saturated heterocycles. The first kappa shape index (κ1) is 22.6. The summed E-state index contributed by atoms with van der Waals surface area (Å²) in [5, 5.41) is 17.3. The molecule has 1 unspecified atom stereocenters. The van der Waals surface area contributed by atoms with Gasteiger partial charge in [-0.15, -0.1) is 0 Å². The van der Waals surface area contributed by atoms with Gasteiger partial charge in [-0.05, 0) is 42.3 Å². The Balaban J connectivity index is 2.09. The molecule has 8 heteroatoms. The molecule has 0 spiro atoms. The molecule has 0 bridgehead atoms. The largest absolute Gasteiger partial charge is 0.493 e. The van der Waals surface area contributed by atoms with Gasteiger partial charge in [-0.3, -0.25) is 0 Å². The van der Waals surface area contributed by atoms with Crippen LogP contribution in [0, 0.1) is 0 Å². The summed E-state index contributed by atoms with van der Waals surface area (Å²) in [5.41, 5.74) is 1.68. The number of nitrogens with one attached hydrogen (secondary N) is 2. The Bertz CT molecular complexity index is 787. The van der Waals surface area contributed by atoms with E-state index in [0.29, 0.717) is 47.9 Å². The molecule has 0 aliphatic heterocycles. The van der Waals surface area contributed by atoms with Gasteiger partial charge in [-0.2, -0.15) is 0 Å². The number of methoxy groups -OCH3 is 3. The van der Waals surface area contributed by atoms with Gasteiger partial charge in [0, 0.05) is 18.1 Å². The van der Waals surface area contributed by atoms with Crippen molar-refractivity contribution in [3.05, 3.63) is 52.5 Å². The Morgan fingerprint density at radius 3 is 2.17 bits per heavy atom. The fourth-order valence-electron chi connectivity index (χ4n) is 2.73. The number of rotatable bonds is 9. The van der Waals surface area contributed by atoms with E-state index in [2.05, 4.69) is 15.6 Å². The normalized spacial score (nSPS) is 12.3. The molecule has 7 nitrogen and oxygen atoms in total. The zero-order chi connectivity index (χ0) is 21.2. The molecule has 1 atom stereocenters. The highest BCUT2D eigenvalue weighted by Gasteiger charge is 2.13. The maximum absolute atomic E-state index is 10.4. The molecule has 0 amide bonds. The zero-order valence-corrected chi connectivity index (χ0v) is 17.9. The van der Waals surface area contributed by atoms with Crippen LogP contribution in [0.4, 0.5) is 0 Å². The number of benzene rings is 2. The van der Waals surface area contributed by atoms with E-state index < -0.39 is 6.10 Å². The van der Waals surface area contributed by atoms with Gasteiger partial charge in [0.15, 0.2) is 17.5 Å². The van der Waals surface area contributed by atoms with Crippen molar-refractivity contribution in [2.45, 2.75) is 19.6 Å². The van der Waals surface area contributed by atoms with E-state index in [1.807, 2.05) is 19.1 Å². The second-order valence-electron chi connectivity index (χ2n) is 6.18. The Morgan fingerprint density at radius 1 is 1.03 bits per heavy atom. The number of halogens is 1. The predicted octanol–water partition coefficient (Wildman–Crippen LogP) is 3.15. The van der Waals surface area contributed by atoms with Gasteiger partial charge in [0.2, 0.25) is 5.75 Å². The lowest BCUT2D eigenvalue weighted by molar-refractivity contribution is 0.181. The molecule has 0 aliphatic rings. The van der Waals surface area contributed by atoms with E-state index in [1.54, 1.807) is 45.6 Å². The van der Waals surface area contributed by atoms with Gasteiger partial charge in [0.25, 0.3) is 0 Å². The summed E-state index contributed by atoms with van der Waals surface area (Å²) in [7, 11) is 4.72. The minimum atomic E-state index is -0.683. The fourth-order valence-corrected chi connectivity index (χ4v) is 2.86. The summed E-state index contributed by atoms with van der Waals surface area (Å²) in [6.45, 7) is 3.37. The lowest BCUT2D eigenvalue weighted by atomic mass is 10.1. The Morgan fingerprint density at radius 2 is 1.66 bits per heavy atom. The molecular formula is C21H28ClN3O4. The molecule has 0 heterocycles. The molecule has 158 valence electrons. The van der Waals surface area contributed by atoms with E-state index in [0.717, 1.165) is 11.1 Å². The monoisotopic (exact) mass is 421 g/mol. The number of hydrogen-bond acceptors (Lipinski definition) is 5. The summed E-state index contributed by atoms with van der Waals surface area (Å²) in [4.78, 5) is 4.58. The summed E-state index contributed by atoms with van der Waals surface area (Å²) in [5.74, 6) is 2.29. The van der Waals surface area contributed by atoms with Gasteiger partial charge in [-0.1, -0.05) is 23.7 Å². The molecule has 2 rings (SSSR count). The fraction of sp³-hybridized carbons (Fsp3) is 0.381. The van der Waals surface area contributed by atoms with Crippen molar-refractivity contribution in [1.29, 1.82) is 0 Å². The topological polar surface area (TPSA) is 84.3 Å². The number of hydrogen-bond donors (Lipinski definition) is 3. The Kier molecular flexibility index (Phi) is 8.89. The smallest absolute Gasteiger partial charge is 0.203 e. The highest BCUT2D eigenvalue weighted by molar-refractivity contribution is 6.30. The number of guanidine groups is 1. The van der Waals surface area contributed by atoms with E-state index in [-0.39, 0.29) is 0 Å². The quantitative estimate of drug-likeness (QED) is 0.426. The van der Waals surface area contributed by atoms with Crippen LogP contribution in [-0.4, -0.2) is 45.5 Å². The lowest BCUT2D eigenvalue weighted by Gasteiger charge is -2.16. The predicted molar refractivity (Wildman–Crippen MR) is 115 cm³/mol. The average molecular weight is 422 g/mol. The standard InChI is InChI=1S/C21H28ClN3O4/c1-5-23-21(25-13-17(26)15-6-8-16(22)9-7-15)24-12-14-10-18(27-2)20(29-4)19(11-14)28-3/h6-11,17,26H,5,12-13H2,1-4H3,(H2,23,24,25). The SMILES string of the molecule is CCNC(=NCc1cc(OC)c(OC)c(OC)c1)NCC(O)c1ccc(Cl)cc1. The highest BCUT2D eigenvalue weighted by atomic mass is 35.5. The molecule has 0 aliphatic carbocycles. The number of aliphatic hydroxyl groups is 1. The average Bonchev–Trinajstić information content (AvgIpc) is 2.74. The molecule has 0 aromatic heterocycles. The van der Waals surface area contributed by atoms with Crippen molar-refractivity contribution >= 4 is 17.6 Å². The van der Waals surface area contributed by atoms with E-state index >= 15 is 0 Å². The van der Waals surface area contributed by atoms with Crippen molar-refractivity contribution in [3.8, 4) is 17.2 Å². The minimum absolute atomic E-state index is 0.308. The van der Waals surface area contributed by atoms with Crippen LogP contribution in [0.1, 0.15) is 24.2 Å². The maximum atomic E-state index is 10.4. The van der Waals surface area contributed by atoms with Crippen LogP contribution in [0.3, 0.4) is 0 Å². The van der Waals surface area contributed by atoms with Gasteiger partial charge in [0.1, 0.15) is 0 Å². The van der Waals surface area contributed by atoms with Crippen LogP contribution < -0.4 is 24.8 Å². The van der Waals surface area contributed by atoms with Gasteiger partial charge in [-0.25, -0.2) is 4.99 Å². The van der Waals surface area contributed by atoms with Gasteiger partial charge < -0.3 is 30.0 Å². The third kappa shape index (κ3) is 6.44. The van der Waals surface area contributed by atoms with Crippen molar-refractivity contribution in [3.63, 3.8) is 0 Å². The second kappa shape index (κ2) is 11.4. The molecule has 0 saturated carbocycles. The molecule has 29 heavy (non-hydrogen) atoms. The summed E-state index contributed by atoms with van der Waals surface area (Å²) in [6, 6.07) is 10.8. The van der Waals surface area contributed by atoms with Crippen LogP contribution in [0.5, 0.6) is 17.2 Å². The lowest BCUT2D eigenvalue weighted by Crippen LogP contribution is -2.39. The summed E-state index contributed by atoms with van der Waals surface area (Å²) < 4.78 is 16.1. The van der Waals surface area contributed by atoms with Crippen LogP contribution >= 0.6 is 11.6 Å². The van der Waals surface area contributed by atoms with E-state index in [1.165, 1.54) is 0 Å². The van der Waals surface area contributed by atoms with Crippen LogP contribution in [0.15, 0.2) is 41.4 Å². The molecule has 2 aromatic rings. The van der Waals surface area contributed by atoms with Crippen molar-refractivity contribution in [2.75, 3.05) is 34.4 Å². The third-order valence-electron chi connectivity index (χ3n) is 4.21. The van der Waals surface area contributed by atoms with Crippen molar-refractivity contribution in [2.24, 2.45) is 4.99 Å². The first-order valence-electron chi connectivity index (χ1n) is 9.26. The number of ether oxygens (including phenoxy) is 3. The van der Waals surface area contributed by atoms with Crippen molar-refractivity contribution in [1.82, 2.24) is 10.6 Å². The van der Waals surface area contributed by atoms with Crippen LogP contribution in [-0.2, 0) is 6.54 Å². The van der Waals surface area contributed by atoms with Crippen LogP contribution in [0.25, 0.3) is 0 Å². The Labute approximate surface area is 176 Å². The first-order valence-corrected chi connectivity index (χ1v) is 9.64. The minimum Gasteiger partial charge on any atom is -0.493 e. The molecule has 3 N–H and O–H groups in total. The number of aliphatic hydroxyl groups excluding tert-OH is 1. The van der Waals surface area contributed by atoms with Gasteiger partial charge in [0.05, 0.1) is 34.0 Å². The second-order valence-corrected chi connectivity index (χ2v) is 6.61. The summed E-state index contributed by atoms with van der Waals surface area (Å²) in [6.07, 6.45) is -0.683. The Hall–Kier alpha value is -2.64. The van der Waals surface area contributed by atoms with E-state index in [4.69, 9.17) is 25.8 Å². The van der Waals surface area contributed by atoms with Crippen LogP contribution in [0.2, 0.25) is 5.02 Å². The van der Waals surface area contributed by atoms with Crippen molar-refractivity contribution < 1.29 is 19.3 Å². The number of nitrogens with zero attached hydrogens (tertiary/aromatic N) is 1. The zero-order valence-electron chi connectivity index (χ0n) is 17.2. The van der Waals surface area contributed by atoms with E-state index in [9.17, 15) is 5.11 Å². The first-order chi connectivity index (χ1) is 14.0. The molecule has 0 radical (unpaired) electrons. The molecule has 2 aromatic carbocycles. The molecule has 0 fully saturated rings. The summed E-state index contributed by atoms with van der Waals surface area (Å²) >= 11 is 5.89. The highest BCUT2D eigenvalue weighted by Crippen LogP contribution is 2.38. The molecular weight excluding hydrogens is 394 g/mol. The third-order valence-corrected chi connectivity index (χ3v) is 4.46.